The molecule has 0 aliphatic heterocycles. The zero-order valence-electron chi connectivity index (χ0n) is 17.5. The number of carbonyl (C=O) groups is 1. The van der Waals surface area contributed by atoms with Gasteiger partial charge in [0.05, 0.1) is 19.1 Å². The van der Waals surface area contributed by atoms with E-state index in [1.807, 2.05) is 30.3 Å². The van der Waals surface area contributed by atoms with Crippen LogP contribution < -0.4 is 19.5 Å². The lowest BCUT2D eigenvalue weighted by molar-refractivity contribution is 0.0947. The van der Waals surface area contributed by atoms with Gasteiger partial charge >= 0.3 is 0 Å². The van der Waals surface area contributed by atoms with Crippen LogP contribution in [0, 0.1) is 0 Å². The third-order valence-electron chi connectivity index (χ3n) is 4.36. The van der Waals surface area contributed by atoms with Gasteiger partial charge in [0.2, 0.25) is 0 Å². The number of benzene rings is 3. The summed E-state index contributed by atoms with van der Waals surface area (Å²) < 4.78 is 37.6. The molecule has 0 aromatic heterocycles. The molecule has 8 heteroatoms. The van der Waals surface area contributed by atoms with Crippen molar-refractivity contribution >= 4 is 27.7 Å². The molecule has 1 amide bonds. The standard InChI is InChI=1S/C24H24N2O5S/c1-30-22-11-13-23(14-12-22)31-17-16-25-24(27)20-7-9-21(10-8-20)26-32(28,29)18-15-19-5-3-2-4-6-19/h2-15,18,26H,16-17H2,1H3,(H,25,27)/b18-15+. The first-order valence-electron chi connectivity index (χ1n) is 9.86. The molecule has 0 radical (unpaired) electrons. The molecule has 7 nitrogen and oxygen atoms in total. The highest BCUT2D eigenvalue weighted by atomic mass is 32.2. The summed E-state index contributed by atoms with van der Waals surface area (Å²) in [4.78, 5) is 12.3. The van der Waals surface area contributed by atoms with Crippen molar-refractivity contribution in [3.05, 3.63) is 95.4 Å². The van der Waals surface area contributed by atoms with Crippen molar-refractivity contribution in [2.24, 2.45) is 0 Å². The molecule has 3 rings (SSSR count). The quantitative estimate of drug-likeness (QED) is 0.455. The van der Waals surface area contributed by atoms with E-state index in [9.17, 15) is 13.2 Å². The second kappa shape index (κ2) is 11.0. The molecule has 2 N–H and O–H groups in total. The van der Waals surface area contributed by atoms with Gasteiger partial charge in [0.1, 0.15) is 18.1 Å². The van der Waals surface area contributed by atoms with Gasteiger partial charge in [0.15, 0.2) is 0 Å². The Labute approximate surface area is 187 Å². The van der Waals surface area contributed by atoms with Crippen molar-refractivity contribution in [2.45, 2.75) is 0 Å². The molecule has 3 aromatic carbocycles. The molecule has 0 spiro atoms. The molecule has 0 bridgehead atoms. The molecular weight excluding hydrogens is 428 g/mol. The van der Waals surface area contributed by atoms with Crippen LogP contribution in [0.1, 0.15) is 15.9 Å². The Morgan fingerprint density at radius 3 is 2.22 bits per heavy atom. The van der Waals surface area contributed by atoms with Gasteiger partial charge in [-0.05, 0) is 60.2 Å². The number of hydrogen-bond donors (Lipinski definition) is 2. The van der Waals surface area contributed by atoms with Gasteiger partial charge in [-0.1, -0.05) is 30.3 Å². The summed E-state index contributed by atoms with van der Waals surface area (Å²) in [5.41, 5.74) is 1.56. The van der Waals surface area contributed by atoms with Gasteiger partial charge in [-0.3, -0.25) is 9.52 Å². The van der Waals surface area contributed by atoms with E-state index in [2.05, 4.69) is 10.0 Å². The Bertz CT molecular complexity index is 1140. The molecule has 0 aliphatic carbocycles. The van der Waals surface area contributed by atoms with E-state index in [1.165, 1.54) is 18.2 Å². The van der Waals surface area contributed by atoms with E-state index in [4.69, 9.17) is 9.47 Å². The van der Waals surface area contributed by atoms with Crippen LogP contribution in [0.4, 0.5) is 5.69 Å². The van der Waals surface area contributed by atoms with Crippen LogP contribution in [0.5, 0.6) is 11.5 Å². The summed E-state index contributed by atoms with van der Waals surface area (Å²) in [6.07, 6.45) is 1.51. The van der Waals surface area contributed by atoms with Crippen LogP contribution in [-0.4, -0.2) is 34.6 Å². The summed E-state index contributed by atoms with van der Waals surface area (Å²) in [7, 11) is -2.08. The minimum absolute atomic E-state index is 0.276. The zero-order chi connectivity index (χ0) is 22.8. The number of ether oxygens (including phenoxy) is 2. The molecule has 32 heavy (non-hydrogen) atoms. The average Bonchev–Trinajstić information content (AvgIpc) is 2.82. The molecular formula is C24H24N2O5S. The highest BCUT2D eigenvalue weighted by Gasteiger charge is 2.08. The normalized spacial score (nSPS) is 11.2. The van der Waals surface area contributed by atoms with Gasteiger partial charge in [-0.2, -0.15) is 0 Å². The van der Waals surface area contributed by atoms with Crippen molar-refractivity contribution in [2.75, 3.05) is 25.0 Å². The monoisotopic (exact) mass is 452 g/mol. The first-order chi connectivity index (χ1) is 15.4. The molecule has 3 aromatic rings. The number of amides is 1. The Balaban J connectivity index is 1.46. The smallest absolute Gasteiger partial charge is 0.255 e. The molecule has 0 saturated heterocycles. The summed E-state index contributed by atoms with van der Waals surface area (Å²) in [6, 6.07) is 22.5. The fourth-order valence-corrected chi connectivity index (χ4v) is 3.60. The lowest BCUT2D eigenvalue weighted by atomic mass is 10.2. The minimum atomic E-state index is -3.67. The van der Waals surface area contributed by atoms with Crippen LogP contribution in [0.15, 0.2) is 84.3 Å². The van der Waals surface area contributed by atoms with Crippen molar-refractivity contribution in [1.82, 2.24) is 5.32 Å². The Kier molecular flexibility index (Phi) is 7.88. The van der Waals surface area contributed by atoms with Crippen molar-refractivity contribution in [3.8, 4) is 11.5 Å². The lowest BCUT2D eigenvalue weighted by Gasteiger charge is -2.09. The van der Waals surface area contributed by atoms with Crippen molar-refractivity contribution < 1.29 is 22.7 Å². The number of carbonyl (C=O) groups excluding carboxylic acids is 1. The molecule has 0 aliphatic rings. The number of nitrogens with one attached hydrogen (secondary N) is 2. The van der Waals surface area contributed by atoms with E-state index in [-0.39, 0.29) is 5.91 Å². The van der Waals surface area contributed by atoms with Gasteiger partial charge in [0.25, 0.3) is 15.9 Å². The predicted molar refractivity (Wildman–Crippen MR) is 125 cm³/mol. The largest absolute Gasteiger partial charge is 0.497 e. The van der Waals surface area contributed by atoms with Gasteiger partial charge in [0, 0.05) is 11.3 Å². The third-order valence-corrected chi connectivity index (χ3v) is 5.38. The molecule has 0 unspecified atom stereocenters. The van der Waals surface area contributed by atoms with E-state index in [0.717, 1.165) is 16.7 Å². The molecule has 0 atom stereocenters. The second-order valence-electron chi connectivity index (χ2n) is 6.72. The van der Waals surface area contributed by atoms with E-state index < -0.39 is 10.0 Å². The number of hydrogen-bond acceptors (Lipinski definition) is 5. The summed E-state index contributed by atoms with van der Waals surface area (Å²) in [5.74, 6) is 1.14. The van der Waals surface area contributed by atoms with Crippen LogP contribution in [0.25, 0.3) is 6.08 Å². The van der Waals surface area contributed by atoms with Crippen LogP contribution in [0.2, 0.25) is 0 Å². The van der Waals surface area contributed by atoms with E-state index >= 15 is 0 Å². The van der Waals surface area contributed by atoms with Crippen molar-refractivity contribution in [3.63, 3.8) is 0 Å². The number of methoxy groups -OCH3 is 1. The Hall–Kier alpha value is -3.78. The number of anilines is 1. The maximum Gasteiger partial charge on any atom is 0.255 e. The van der Waals surface area contributed by atoms with Crippen LogP contribution in [-0.2, 0) is 10.0 Å². The Morgan fingerprint density at radius 2 is 1.56 bits per heavy atom. The molecule has 0 fully saturated rings. The average molecular weight is 453 g/mol. The van der Waals surface area contributed by atoms with Crippen LogP contribution in [0.3, 0.4) is 0 Å². The van der Waals surface area contributed by atoms with Gasteiger partial charge in [-0.25, -0.2) is 8.42 Å². The topological polar surface area (TPSA) is 93.7 Å². The van der Waals surface area contributed by atoms with E-state index in [0.29, 0.717) is 30.2 Å². The second-order valence-corrected chi connectivity index (χ2v) is 8.28. The van der Waals surface area contributed by atoms with Gasteiger partial charge in [-0.15, -0.1) is 0 Å². The lowest BCUT2D eigenvalue weighted by Crippen LogP contribution is -2.28. The highest BCUT2D eigenvalue weighted by Crippen LogP contribution is 2.17. The first-order valence-corrected chi connectivity index (χ1v) is 11.4. The first kappa shape index (κ1) is 22.9. The zero-order valence-corrected chi connectivity index (χ0v) is 18.3. The summed E-state index contributed by atoms with van der Waals surface area (Å²) in [6.45, 7) is 0.632. The number of rotatable bonds is 10. The van der Waals surface area contributed by atoms with E-state index in [1.54, 1.807) is 43.5 Å². The van der Waals surface area contributed by atoms with Crippen molar-refractivity contribution in [1.29, 1.82) is 0 Å². The number of sulfonamides is 1. The summed E-state index contributed by atoms with van der Waals surface area (Å²) in [5, 5.41) is 3.86. The maximum absolute atomic E-state index is 12.3. The maximum atomic E-state index is 12.3. The van der Waals surface area contributed by atoms with Gasteiger partial charge < -0.3 is 14.8 Å². The van der Waals surface area contributed by atoms with Crippen LogP contribution >= 0.6 is 0 Å². The predicted octanol–water partition coefficient (Wildman–Crippen LogP) is 3.92. The highest BCUT2D eigenvalue weighted by molar-refractivity contribution is 7.95. The molecule has 0 heterocycles. The Morgan fingerprint density at radius 1 is 0.906 bits per heavy atom. The fourth-order valence-electron chi connectivity index (χ4n) is 2.73. The molecule has 0 saturated carbocycles. The molecule has 166 valence electrons. The minimum Gasteiger partial charge on any atom is -0.497 e. The summed E-state index contributed by atoms with van der Waals surface area (Å²) >= 11 is 0. The SMILES string of the molecule is COc1ccc(OCCNC(=O)c2ccc(NS(=O)(=O)/C=C/c3ccccc3)cc2)cc1. The fraction of sp³-hybridized carbons (Fsp3) is 0.125. The third kappa shape index (κ3) is 7.17.